The van der Waals surface area contributed by atoms with E-state index in [2.05, 4.69) is 45.9 Å². The first kappa shape index (κ1) is 15.9. The van der Waals surface area contributed by atoms with Crippen LogP contribution in [0.4, 0.5) is 0 Å². The number of aryl methyl sites for hydroxylation is 2. The third kappa shape index (κ3) is 5.59. The molecule has 0 bridgehead atoms. The Morgan fingerprint density at radius 1 is 1.21 bits per heavy atom. The summed E-state index contributed by atoms with van der Waals surface area (Å²) in [6.07, 6.45) is 6.15. The van der Waals surface area contributed by atoms with Crippen LogP contribution < -0.4 is 0 Å². The first-order valence-corrected chi connectivity index (χ1v) is 7.64. The van der Waals surface area contributed by atoms with Crippen LogP contribution in [0.25, 0.3) is 0 Å². The summed E-state index contributed by atoms with van der Waals surface area (Å²) < 4.78 is 0. The van der Waals surface area contributed by atoms with Gasteiger partial charge in [-0.2, -0.15) is 0 Å². The molecule has 1 rings (SSSR count). The third-order valence-electron chi connectivity index (χ3n) is 3.95. The van der Waals surface area contributed by atoms with Gasteiger partial charge in [0, 0.05) is 12.8 Å². The first-order chi connectivity index (χ1) is 9.06. The number of benzene rings is 1. The van der Waals surface area contributed by atoms with E-state index in [4.69, 9.17) is 0 Å². The highest BCUT2D eigenvalue weighted by atomic mass is 16.1. The van der Waals surface area contributed by atoms with Gasteiger partial charge in [-0.05, 0) is 30.9 Å². The van der Waals surface area contributed by atoms with Crippen LogP contribution >= 0.6 is 0 Å². The van der Waals surface area contributed by atoms with Crippen molar-refractivity contribution in [2.24, 2.45) is 5.92 Å². The molecule has 0 aliphatic carbocycles. The van der Waals surface area contributed by atoms with Crippen LogP contribution in [0.5, 0.6) is 0 Å². The van der Waals surface area contributed by atoms with E-state index in [0.717, 1.165) is 12.8 Å². The Morgan fingerprint density at radius 2 is 1.95 bits per heavy atom. The molecule has 1 unspecified atom stereocenters. The van der Waals surface area contributed by atoms with Crippen molar-refractivity contribution < 1.29 is 4.79 Å². The van der Waals surface area contributed by atoms with Gasteiger partial charge in [-0.25, -0.2) is 0 Å². The number of Topliss-reactive ketones (excluding diaryl/α,β-unsaturated/α-hetero) is 1. The SMILES string of the molecule is CCCCC(CC)CC(=O)Cc1cc(C)ccc1C. The Kier molecular flexibility index (Phi) is 6.83. The Labute approximate surface area is 118 Å². The van der Waals surface area contributed by atoms with Crippen LogP contribution in [0.2, 0.25) is 0 Å². The zero-order chi connectivity index (χ0) is 14.3. The van der Waals surface area contributed by atoms with Gasteiger partial charge in [0.05, 0.1) is 0 Å². The van der Waals surface area contributed by atoms with Gasteiger partial charge >= 0.3 is 0 Å². The van der Waals surface area contributed by atoms with Crippen molar-refractivity contribution in [1.82, 2.24) is 0 Å². The summed E-state index contributed by atoms with van der Waals surface area (Å²) in [5.74, 6) is 0.981. The van der Waals surface area contributed by atoms with Crippen molar-refractivity contribution in [3.8, 4) is 0 Å². The molecule has 106 valence electrons. The van der Waals surface area contributed by atoms with E-state index in [0.29, 0.717) is 18.1 Å². The van der Waals surface area contributed by atoms with Crippen molar-refractivity contribution in [2.45, 2.75) is 66.2 Å². The second-order valence-electron chi connectivity index (χ2n) is 5.77. The molecule has 0 amide bonds. The van der Waals surface area contributed by atoms with E-state index in [1.165, 1.54) is 36.0 Å². The number of ketones is 1. The third-order valence-corrected chi connectivity index (χ3v) is 3.95. The number of carbonyl (C=O) groups is 1. The standard InChI is InChI=1S/C18H28O/c1-5-7-8-16(6-2)12-18(19)13-17-11-14(3)9-10-15(17)4/h9-11,16H,5-8,12-13H2,1-4H3. The van der Waals surface area contributed by atoms with Crippen LogP contribution in [0.15, 0.2) is 18.2 Å². The highest BCUT2D eigenvalue weighted by molar-refractivity contribution is 5.81. The minimum absolute atomic E-state index is 0.400. The molecule has 0 saturated heterocycles. The van der Waals surface area contributed by atoms with Gasteiger partial charge in [0.2, 0.25) is 0 Å². The Hall–Kier alpha value is -1.11. The molecular weight excluding hydrogens is 232 g/mol. The van der Waals surface area contributed by atoms with Gasteiger partial charge < -0.3 is 0 Å². The van der Waals surface area contributed by atoms with Crippen molar-refractivity contribution in [3.05, 3.63) is 34.9 Å². The smallest absolute Gasteiger partial charge is 0.137 e. The summed E-state index contributed by atoms with van der Waals surface area (Å²) in [4.78, 5) is 12.2. The van der Waals surface area contributed by atoms with Crippen molar-refractivity contribution in [2.75, 3.05) is 0 Å². The predicted molar refractivity (Wildman–Crippen MR) is 82.6 cm³/mol. The summed E-state index contributed by atoms with van der Waals surface area (Å²) in [6.45, 7) is 8.59. The van der Waals surface area contributed by atoms with Gasteiger partial charge in [-0.1, -0.05) is 63.3 Å². The normalized spacial score (nSPS) is 12.4. The number of carbonyl (C=O) groups excluding carboxylic acids is 1. The van der Waals surface area contributed by atoms with Crippen molar-refractivity contribution >= 4 is 5.78 Å². The zero-order valence-corrected chi connectivity index (χ0v) is 13.0. The molecule has 1 atom stereocenters. The molecule has 1 aromatic rings. The minimum Gasteiger partial charge on any atom is -0.299 e. The quantitative estimate of drug-likeness (QED) is 0.641. The summed E-state index contributed by atoms with van der Waals surface area (Å²) in [5, 5.41) is 0. The van der Waals surface area contributed by atoms with Crippen LogP contribution in [0, 0.1) is 19.8 Å². The van der Waals surface area contributed by atoms with E-state index < -0.39 is 0 Å². The molecule has 0 heterocycles. The second-order valence-corrected chi connectivity index (χ2v) is 5.77. The number of unbranched alkanes of at least 4 members (excludes halogenated alkanes) is 1. The van der Waals surface area contributed by atoms with Crippen LogP contribution in [-0.4, -0.2) is 5.78 Å². The van der Waals surface area contributed by atoms with E-state index in [-0.39, 0.29) is 0 Å². The number of rotatable bonds is 8. The van der Waals surface area contributed by atoms with E-state index >= 15 is 0 Å². The van der Waals surface area contributed by atoms with Gasteiger partial charge in [0.1, 0.15) is 5.78 Å². The Bertz CT molecular complexity index is 406. The zero-order valence-electron chi connectivity index (χ0n) is 13.0. The molecule has 0 fully saturated rings. The van der Waals surface area contributed by atoms with Gasteiger partial charge in [-0.3, -0.25) is 4.79 Å². The predicted octanol–water partition coefficient (Wildman–Crippen LogP) is 5.02. The van der Waals surface area contributed by atoms with Gasteiger partial charge in [0.25, 0.3) is 0 Å². The fraction of sp³-hybridized carbons (Fsp3) is 0.611. The maximum Gasteiger partial charge on any atom is 0.137 e. The molecule has 19 heavy (non-hydrogen) atoms. The lowest BCUT2D eigenvalue weighted by molar-refractivity contribution is -0.119. The average Bonchev–Trinajstić information content (AvgIpc) is 2.38. The molecule has 0 aliphatic rings. The fourth-order valence-corrected chi connectivity index (χ4v) is 2.54. The molecule has 0 saturated carbocycles. The van der Waals surface area contributed by atoms with E-state index in [1.54, 1.807) is 0 Å². The average molecular weight is 260 g/mol. The molecule has 0 aromatic heterocycles. The van der Waals surface area contributed by atoms with Crippen LogP contribution in [-0.2, 0) is 11.2 Å². The first-order valence-electron chi connectivity index (χ1n) is 7.64. The topological polar surface area (TPSA) is 17.1 Å². The van der Waals surface area contributed by atoms with Crippen LogP contribution in [0.3, 0.4) is 0 Å². The van der Waals surface area contributed by atoms with Crippen LogP contribution in [0.1, 0.15) is 62.6 Å². The second kappa shape index (κ2) is 8.14. The van der Waals surface area contributed by atoms with Crippen molar-refractivity contribution in [1.29, 1.82) is 0 Å². The monoisotopic (exact) mass is 260 g/mol. The maximum absolute atomic E-state index is 12.2. The summed E-state index contributed by atoms with van der Waals surface area (Å²) in [6, 6.07) is 6.38. The molecule has 0 spiro atoms. The molecule has 1 aromatic carbocycles. The lowest BCUT2D eigenvalue weighted by Crippen LogP contribution is -2.11. The van der Waals surface area contributed by atoms with Gasteiger partial charge in [0.15, 0.2) is 0 Å². The maximum atomic E-state index is 12.2. The van der Waals surface area contributed by atoms with E-state index in [1.807, 2.05) is 0 Å². The molecular formula is C18H28O. The molecule has 0 N–H and O–H groups in total. The molecule has 0 aliphatic heterocycles. The lowest BCUT2D eigenvalue weighted by atomic mass is 9.91. The lowest BCUT2D eigenvalue weighted by Gasteiger charge is -2.14. The van der Waals surface area contributed by atoms with Gasteiger partial charge in [-0.15, -0.1) is 0 Å². The largest absolute Gasteiger partial charge is 0.299 e. The summed E-state index contributed by atoms with van der Waals surface area (Å²) in [5.41, 5.74) is 3.68. The van der Waals surface area contributed by atoms with E-state index in [9.17, 15) is 4.79 Å². The summed E-state index contributed by atoms with van der Waals surface area (Å²) >= 11 is 0. The van der Waals surface area contributed by atoms with Crippen molar-refractivity contribution in [3.63, 3.8) is 0 Å². The molecule has 0 radical (unpaired) electrons. The summed E-state index contributed by atoms with van der Waals surface area (Å²) in [7, 11) is 0. The Morgan fingerprint density at radius 3 is 2.58 bits per heavy atom. The fourth-order valence-electron chi connectivity index (χ4n) is 2.54. The number of hydrogen-bond acceptors (Lipinski definition) is 1. The highest BCUT2D eigenvalue weighted by Gasteiger charge is 2.13. The Balaban J connectivity index is 2.56. The molecule has 1 nitrogen and oxygen atoms in total. The minimum atomic E-state index is 0.400. The highest BCUT2D eigenvalue weighted by Crippen LogP contribution is 2.19. The number of hydrogen-bond donors (Lipinski definition) is 0. The molecule has 1 heteroatoms.